The molecule has 0 saturated carbocycles. The van der Waals surface area contributed by atoms with Gasteiger partial charge in [0, 0.05) is 13.1 Å². The number of rotatable bonds is 14. The van der Waals surface area contributed by atoms with E-state index in [2.05, 4.69) is 69.1 Å². The molecule has 0 aromatic carbocycles. The van der Waals surface area contributed by atoms with Crippen molar-refractivity contribution in [3.05, 3.63) is 46.6 Å². The van der Waals surface area contributed by atoms with Gasteiger partial charge in [-0.25, -0.2) is 0 Å². The molecule has 1 rings (SSSR count). The van der Waals surface area contributed by atoms with Crippen molar-refractivity contribution in [1.82, 2.24) is 10.2 Å². The number of piperidine rings is 1. The molecule has 0 atom stereocenters. The van der Waals surface area contributed by atoms with Crippen molar-refractivity contribution in [2.45, 2.75) is 92.4 Å². The van der Waals surface area contributed by atoms with Gasteiger partial charge in [-0.2, -0.15) is 0 Å². The topological polar surface area (TPSA) is 24.5 Å². The molecule has 0 unspecified atom stereocenters. The van der Waals surface area contributed by atoms with Gasteiger partial charge in [0.15, 0.2) is 0 Å². The van der Waals surface area contributed by atoms with Crippen molar-refractivity contribution >= 4 is 17.4 Å². The molecule has 0 aliphatic carbocycles. The number of hydrogen-bond acceptors (Lipinski definition) is 3. The van der Waals surface area contributed by atoms with Crippen LogP contribution in [0.3, 0.4) is 0 Å². The quantitative estimate of drug-likeness (QED) is 0.214. The fourth-order valence-corrected chi connectivity index (χ4v) is 3.97. The molecule has 0 aromatic rings. The maximum atomic E-state index is 5.65. The second-order valence-corrected chi connectivity index (χ2v) is 9.85. The molecule has 0 bridgehead atoms. The molecule has 3 nitrogen and oxygen atoms in total. The summed E-state index contributed by atoms with van der Waals surface area (Å²) in [6, 6.07) is 0. The van der Waals surface area contributed by atoms with Crippen molar-refractivity contribution in [3.63, 3.8) is 0 Å². The summed E-state index contributed by atoms with van der Waals surface area (Å²) in [6.45, 7) is 15.9. The first-order valence-corrected chi connectivity index (χ1v) is 13.0. The highest BCUT2D eigenvalue weighted by atomic mass is 32.1. The number of hydrogen-bond donors (Lipinski definition) is 1. The summed E-state index contributed by atoms with van der Waals surface area (Å²) in [5, 5.41) is 3.75. The van der Waals surface area contributed by atoms with Crippen LogP contribution in [0, 0.1) is 0 Å². The highest BCUT2D eigenvalue weighted by Gasteiger charge is 2.09. The standard InChI is InChI=1S/C28H48N2OS/c1-24(2)12-9-13-25(3)14-10-15-26(4)16-11-17-27(5)18-23-31-28(32)29-19-22-30-20-7-6-8-21-30/h12,14,16,18H,6-11,13,15,17,19-23H2,1-5H3,(H,29,32)/b25-14+,26-16+,27-18+. The molecule has 1 aliphatic rings. The Hall–Kier alpha value is -1.39. The number of likely N-dealkylation sites (tertiary alicyclic amines) is 1. The minimum atomic E-state index is 0.519. The van der Waals surface area contributed by atoms with E-state index >= 15 is 0 Å². The second kappa shape index (κ2) is 18.1. The second-order valence-electron chi connectivity index (χ2n) is 9.48. The average molecular weight is 461 g/mol. The molecule has 182 valence electrons. The third-order valence-corrected chi connectivity index (χ3v) is 6.21. The fourth-order valence-electron chi connectivity index (χ4n) is 3.80. The summed E-state index contributed by atoms with van der Waals surface area (Å²) in [6.07, 6.45) is 20.1. The van der Waals surface area contributed by atoms with E-state index in [-0.39, 0.29) is 0 Å². The van der Waals surface area contributed by atoms with Gasteiger partial charge < -0.3 is 15.0 Å². The van der Waals surface area contributed by atoms with Crippen molar-refractivity contribution < 1.29 is 4.74 Å². The van der Waals surface area contributed by atoms with Gasteiger partial charge >= 0.3 is 0 Å². The SMILES string of the molecule is CC(C)=CCC/C(C)=C/CC/C(C)=C/CC/C(C)=C/COC(=S)NCCN1CCCCC1. The van der Waals surface area contributed by atoms with Gasteiger partial charge in [-0.15, -0.1) is 0 Å². The van der Waals surface area contributed by atoms with Gasteiger partial charge in [-0.1, -0.05) is 46.9 Å². The van der Waals surface area contributed by atoms with Crippen LogP contribution < -0.4 is 5.32 Å². The third kappa shape index (κ3) is 16.3. The largest absolute Gasteiger partial charge is 0.467 e. The molecule has 32 heavy (non-hydrogen) atoms. The zero-order chi connectivity index (χ0) is 23.6. The first-order chi connectivity index (χ1) is 15.4. The minimum Gasteiger partial charge on any atom is -0.467 e. The summed E-state index contributed by atoms with van der Waals surface area (Å²) < 4.78 is 5.65. The molecule has 0 spiro atoms. The lowest BCUT2D eigenvalue weighted by Crippen LogP contribution is -2.37. The minimum absolute atomic E-state index is 0.519. The number of ether oxygens (including phenoxy) is 1. The van der Waals surface area contributed by atoms with Gasteiger partial charge in [0.2, 0.25) is 0 Å². The summed E-state index contributed by atoms with van der Waals surface area (Å²) >= 11 is 5.29. The van der Waals surface area contributed by atoms with Crippen LogP contribution in [0.15, 0.2) is 46.6 Å². The molecule has 0 aromatic heterocycles. The molecule has 0 amide bonds. The Balaban J connectivity index is 2.11. The zero-order valence-electron chi connectivity index (χ0n) is 21.5. The van der Waals surface area contributed by atoms with E-state index in [1.807, 2.05) is 0 Å². The Morgan fingerprint density at radius 3 is 1.88 bits per heavy atom. The van der Waals surface area contributed by atoms with Crippen LogP contribution in [0.25, 0.3) is 0 Å². The molecule has 0 radical (unpaired) electrons. The van der Waals surface area contributed by atoms with E-state index in [9.17, 15) is 0 Å². The molecule has 1 fully saturated rings. The summed E-state index contributed by atoms with van der Waals surface area (Å²) in [7, 11) is 0. The first kappa shape index (κ1) is 28.6. The first-order valence-electron chi connectivity index (χ1n) is 12.6. The van der Waals surface area contributed by atoms with Crippen LogP contribution in [0.4, 0.5) is 0 Å². The predicted octanol–water partition coefficient (Wildman–Crippen LogP) is 7.51. The third-order valence-electron chi connectivity index (χ3n) is 5.95. The van der Waals surface area contributed by atoms with Crippen LogP contribution in [0.2, 0.25) is 0 Å². The Labute approximate surface area is 204 Å². The van der Waals surface area contributed by atoms with E-state index in [0.29, 0.717) is 11.8 Å². The van der Waals surface area contributed by atoms with Crippen molar-refractivity contribution in [2.24, 2.45) is 0 Å². The number of allylic oxidation sites excluding steroid dienone is 7. The molecular formula is C28H48N2OS. The van der Waals surface area contributed by atoms with E-state index in [0.717, 1.165) is 45.2 Å². The molecule has 1 heterocycles. The summed E-state index contributed by atoms with van der Waals surface area (Å²) in [4.78, 5) is 2.50. The van der Waals surface area contributed by atoms with E-state index < -0.39 is 0 Å². The smallest absolute Gasteiger partial charge is 0.256 e. The Bertz CT molecular complexity index is 650. The van der Waals surface area contributed by atoms with Crippen LogP contribution in [-0.2, 0) is 4.74 Å². The number of thiocarbonyl (C=S) groups is 1. The predicted molar refractivity (Wildman–Crippen MR) is 145 cm³/mol. The van der Waals surface area contributed by atoms with Gasteiger partial charge in [-0.3, -0.25) is 0 Å². The lowest BCUT2D eigenvalue weighted by atomic mass is 10.0. The van der Waals surface area contributed by atoms with Gasteiger partial charge in [0.25, 0.3) is 5.17 Å². The van der Waals surface area contributed by atoms with Crippen molar-refractivity contribution in [3.8, 4) is 0 Å². The lowest BCUT2D eigenvalue weighted by molar-refractivity contribution is 0.230. The van der Waals surface area contributed by atoms with Crippen LogP contribution in [0.5, 0.6) is 0 Å². The van der Waals surface area contributed by atoms with Gasteiger partial charge in [0.1, 0.15) is 6.61 Å². The zero-order valence-corrected chi connectivity index (χ0v) is 22.3. The van der Waals surface area contributed by atoms with E-state index in [1.54, 1.807) is 0 Å². The van der Waals surface area contributed by atoms with Crippen molar-refractivity contribution in [1.29, 1.82) is 0 Å². The monoisotopic (exact) mass is 460 g/mol. The summed E-state index contributed by atoms with van der Waals surface area (Å²) in [5.41, 5.74) is 5.77. The maximum Gasteiger partial charge on any atom is 0.256 e. The number of nitrogens with zero attached hydrogens (tertiary/aromatic N) is 1. The van der Waals surface area contributed by atoms with Gasteiger partial charge in [0.05, 0.1) is 0 Å². The highest BCUT2D eigenvalue weighted by Crippen LogP contribution is 2.13. The van der Waals surface area contributed by atoms with Crippen LogP contribution in [-0.4, -0.2) is 42.9 Å². The Morgan fingerprint density at radius 1 is 0.781 bits per heavy atom. The number of nitrogens with one attached hydrogen (secondary N) is 1. The Morgan fingerprint density at radius 2 is 1.31 bits per heavy atom. The lowest BCUT2D eigenvalue weighted by Gasteiger charge is -2.26. The van der Waals surface area contributed by atoms with Crippen LogP contribution in [0.1, 0.15) is 92.4 Å². The van der Waals surface area contributed by atoms with Crippen LogP contribution >= 0.6 is 12.2 Å². The highest BCUT2D eigenvalue weighted by molar-refractivity contribution is 7.80. The van der Waals surface area contributed by atoms with E-state index in [4.69, 9.17) is 17.0 Å². The molecule has 1 saturated heterocycles. The summed E-state index contributed by atoms with van der Waals surface area (Å²) in [5.74, 6) is 0. The average Bonchev–Trinajstić information content (AvgIpc) is 2.74. The van der Waals surface area contributed by atoms with Crippen molar-refractivity contribution in [2.75, 3.05) is 32.8 Å². The molecule has 4 heteroatoms. The molecular weight excluding hydrogens is 412 g/mol. The fraction of sp³-hybridized carbons (Fsp3) is 0.679. The normalized spacial score (nSPS) is 16.1. The van der Waals surface area contributed by atoms with E-state index in [1.165, 1.54) is 61.1 Å². The molecule has 1 aliphatic heterocycles. The maximum absolute atomic E-state index is 5.65. The Kier molecular flexibility index (Phi) is 16.2. The van der Waals surface area contributed by atoms with Gasteiger partial charge in [-0.05, 0) is 117 Å². The molecule has 1 N–H and O–H groups in total.